The molecular formula is C13H19N5. The van der Waals surface area contributed by atoms with Crippen LogP contribution in [0.1, 0.15) is 30.9 Å². The van der Waals surface area contributed by atoms with Gasteiger partial charge in [0.1, 0.15) is 0 Å². The monoisotopic (exact) mass is 245 g/mol. The molecule has 0 amide bonds. The summed E-state index contributed by atoms with van der Waals surface area (Å²) < 4.78 is 1.85. The standard InChI is InChI=1S/C13H19N5/c1-4-5-6-18-13(15-16-17-18)11-8-12(14)10(3)7-9(11)2/h7-8H,4-6,14H2,1-3H3. The van der Waals surface area contributed by atoms with Crippen molar-refractivity contribution in [2.45, 2.75) is 40.2 Å². The second-order valence-corrected chi connectivity index (χ2v) is 4.60. The van der Waals surface area contributed by atoms with Gasteiger partial charge in [0.2, 0.25) is 0 Å². The summed E-state index contributed by atoms with van der Waals surface area (Å²) in [4.78, 5) is 0. The molecule has 2 rings (SSSR count). The molecule has 2 N–H and O–H groups in total. The van der Waals surface area contributed by atoms with E-state index >= 15 is 0 Å². The Morgan fingerprint density at radius 1 is 1.22 bits per heavy atom. The van der Waals surface area contributed by atoms with Crippen LogP contribution in [0.4, 0.5) is 5.69 Å². The van der Waals surface area contributed by atoms with Crippen molar-refractivity contribution in [3.05, 3.63) is 23.3 Å². The van der Waals surface area contributed by atoms with E-state index in [0.717, 1.165) is 47.6 Å². The largest absolute Gasteiger partial charge is 0.398 e. The van der Waals surface area contributed by atoms with Crippen LogP contribution in [0.2, 0.25) is 0 Å². The number of unbranched alkanes of at least 4 members (excludes halogenated alkanes) is 1. The fraction of sp³-hybridized carbons (Fsp3) is 0.462. The van der Waals surface area contributed by atoms with Crippen LogP contribution >= 0.6 is 0 Å². The molecule has 1 aromatic heterocycles. The Labute approximate surface area is 107 Å². The van der Waals surface area contributed by atoms with Crippen LogP contribution in [0.5, 0.6) is 0 Å². The predicted octanol–water partition coefficient (Wildman–Crippen LogP) is 2.34. The SMILES string of the molecule is CCCCn1nnnc1-c1cc(N)c(C)cc1C. The van der Waals surface area contributed by atoms with Gasteiger partial charge >= 0.3 is 0 Å². The number of nitrogen functional groups attached to an aromatic ring is 1. The zero-order valence-electron chi connectivity index (χ0n) is 11.1. The molecule has 96 valence electrons. The van der Waals surface area contributed by atoms with Gasteiger partial charge in [-0.05, 0) is 47.9 Å². The maximum atomic E-state index is 5.97. The van der Waals surface area contributed by atoms with E-state index in [0.29, 0.717) is 0 Å². The molecule has 0 saturated heterocycles. The lowest BCUT2D eigenvalue weighted by molar-refractivity contribution is 0.557. The molecule has 0 bridgehead atoms. The molecule has 5 nitrogen and oxygen atoms in total. The number of nitrogens with two attached hydrogens (primary N) is 1. The molecule has 0 radical (unpaired) electrons. The highest BCUT2D eigenvalue weighted by atomic mass is 15.5. The van der Waals surface area contributed by atoms with Crippen molar-refractivity contribution in [3.8, 4) is 11.4 Å². The van der Waals surface area contributed by atoms with Gasteiger partial charge in [0, 0.05) is 17.8 Å². The first-order valence-corrected chi connectivity index (χ1v) is 6.26. The summed E-state index contributed by atoms with van der Waals surface area (Å²) in [6.07, 6.45) is 2.19. The zero-order chi connectivity index (χ0) is 13.1. The summed E-state index contributed by atoms with van der Waals surface area (Å²) in [7, 11) is 0. The quantitative estimate of drug-likeness (QED) is 0.839. The van der Waals surface area contributed by atoms with E-state index in [1.165, 1.54) is 0 Å². The number of tetrazole rings is 1. The molecule has 18 heavy (non-hydrogen) atoms. The molecule has 0 aliphatic heterocycles. The predicted molar refractivity (Wildman–Crippen MR) is 72.0 cm³/mol. The van der Waals surface area contributed by atoms with Gasteiger partial charge in [-0.15, -0.1) is 5.10 Å². The number of hydrogen-bond acceptors (Lipinski definition) is 4. The van der Waals surface area contributed by atoms with E-state index in [4.69, 9.17) is 5.73 Å². The third-order valence-corrected chi connectivity index (χ3v) is 3.11. The minimum Gasteiger partial charge on any atom is -0.398 e. The van der Waals surface area contributed by atoms with Crippen LogP contribution in [0, 0.1) is 13.8 Å². The zero-order valence-corrected chi connectivity index (χ0v) is 11.1. The van der Waals surface area contributed by atoms with Crippen LogP contribution in [0.25, 0.3) is 11.4 Å². The molecule has 0 aliphatic carbocycles. The smallest absolute Gasteiger partial charge is 0.182 e. The molecule has 0 fully saturated rings. The van der Waals surface area contributed by atoms with Crippen LogP contribution in [-0.2, 0) is 6.54 Å². The van der Waals surface area contributed by atoms with Gasteiger partial charge in [0.15, 0.2) is 5.82 Å². The highest BCUT2D eigenvalue weighted by Crippen LogP contribution is 2.25. The van der Waals surface area contributed by atoms with Crippen molar-refractivity contribution >= 4 is 5.69 Å². The maximum absolute atomic E-state index is 5.97. The molecule has 0 atom stereocenters. The number of aromatic nitrogens is 4. The molecule has 0 aliphatic rings. The van der Waals surface area contributed by atoms with Gasteiger partial charge in [-0.25, -0.2) is 4.68 Å². The van der Waals surface area contributed by atoms with Crippen molar-refractivity contribution in [1.29, 1.82) is 0 Å². The van der Waals surface area contributed by atoms with Crippen LogP contribution in [-0.4, -0.2) is 20.2 Å². The highest BCUT2D eigenvalue weighted by Gasteiger charge is 2.12. The van der Waals surface area contributed by atoms with Crippen molar-refractivity contribution in [3.63, 3.8) is 0 Å². The first-order valence-electron chi connectivity index (χ1n) is 6.26. The van der Waals surface area contributed by atoms with Gasteiger partial charge in [0.05, 0.1) is 0 Å². The Hall–Kier alpha value is -1.91. The molecule has 2 aromatic rings. The van der Waals surface area contributed by atoms with E-state index in [2.05, 4.69) is 35.4 Å². The first-order chi connectivity index (χ1) is 8.63. The van der Waals surface area contributed by atoms with Crippen molar-refractivity contribution in [2.24, 2.45) is 0 Å². The Morgan fingerprint density at radius 3 is 2.72 bits per heavy atom. The molecule has 1 heterocycles. The van der Waals surface area contributed by atoms with Crippen LogP contribution in [0.15, 0.2) is 12.1 Å². The summed E-state index contributed by atoms with van der Waals surface area (Å²) in [6.45, 7) is 7.05. The number of aryl methyl sites for hydroxylation is 3. The van der Waals surface area contributed by atoms with E-state index in [1.807, 2.05) is 17.7 Å². The maximum Gasteiger partial charge on any atom is 0.182 e. The Morgan fingerprint density at radius 2 is 2.00 bits per heavy atom. The highest BCUT2D eigenvalue weighted by molar-refractivity contribution is 5.67. The van der Waals surface area contributed by atoms with E-state index in [-0.39, 0.29) is 0 Å². The van der Waals surface area contributed by atoms with Gasteiger partial charge in [-0.3, -0.25) is 0 Å². The summed E-state index contributed by atoms with van der Waals surface area (Å²) in [5.41, 5.74) is 9.99. The lowest BCUT2D eigenvalue weighted by Crippen LogP contribution is -2.04. The number of nitrogens with zero attached hydrogens (tertiary/aromatic N) is 4. The lowest BCUT2D eigenvalue weighted by Gasteiger charge is -2.09. The lowest BCUT2D eigenvalue weighted by atomic mass is 10.0. The van der Waals surface area contributed by atoms with Crippen LogP contribution < -0.4 is 5.73 Å². The number of hydrogen-bond donors (Lipinski definition) is 1. The van der Waals surface area contributed by atoms with Gasteiger partial charge in [-0.1, -0.05) is 19.4 Å². The summed E-state index contributed by atoms with van der Waals surface area (Å²) >= 11 is 0. The van der Waals surface area contributed by atoms with Gasteiger partial charge in [-0.2, -0.15) is 0 Å². The van der Waals surface area contributed by atoms with Crippen molar-refractivity contribution in [2.75, 3.05) is 5.73 Å². The Bertz CT molecular complexity index is 544. The fourth-order valence-electron chi connectivity index (χ4n) is 1.97. The third kappa shape index (κ3) is 2.34. The van der Waals surface area contributed by atoms with Crippen LogP contribution in [0.3, 0.4) is 0 Å². The minimum atomic E-state index is 0.778. The summed E-state index contributed by atoms with van der Waals surface area (Å²) in [5, 5.41) is 11.9. The second-order valence-electron chi connectivity index (χ2n) is 4.60. The second kappa shape index (κ2) is 5.16. The number of anilines is 1. The van der Waals surface area contributed by atoms with Crippen molar-refractivity contribution < 1.29 is 0 Å². The van der Waals surface area contributed by atoms with E-state index < -0.39 is 0 Å². The van der Waals surface area contributed by atoms with Gasteiger partial charge < -0.3 is 5.73 Å². The molecule has 0 unspecified atom stereocenters. The number of rotatable bonds is 4. The Balaban J connectivity index is 2.42. The van der Waals surface area contributed by atoms with Gasteiger partial charge in [0.25, 0.3) is 0 Å². The Kier molecular flexibility index (Phi) is 3.60. The summed E-state index contributed by atoms with van der Waals surface area (Å²) in [6, 6.07) is 4.03. The first kappa shape index (κ1) is 12.5. The average Bonchev–Trinajstić information content (AvgIpc) is 2.79. The summed E-state index contributed by atoms with van der Waals surface area (Å²) in [5.74, 6) is 0.799. The number of benzene rings is 1. The molecule has 1 aromatic carbocycles. The topological polar surface area (TPSA) is 69.6 Å². The fourth-order valence-corrected chi connectivity index (χ4v) is 1.97. The van der Waals surface area contributed by atoms with Crippen molar-refractivity contribution in [1.82, 2.24) is 20.2 Å². The molecule has 0 saturated carbocycles. The third-order valence-electron chi connectivity index (χ3n) is 3.11. The molecule has 0 spiro atoms. The molecular weight excluding hydrogens is 226 g/mol. The average molecular weight is 245 g/mol. The van der Waals surface area contributed by atoms with E-state index in [9.17, 15) is 0 Å². The van der Waals surface area contributed by atoms with E-state index in [1.54, 1.807) is 0 Å². The molecule has 5 heteroatoms. The normalized spacial score (nSPS) is 10.8. The minimum absolute atomic E-state index is 0.778.